The van der Waals surface area contributed by atoms with Gasteiger partial charge in [0.15, 0.2) is 0 Å². The fraction of sp³-hybridized carbons (Fsp3) is 0.0909. The Morgan fingerprint density at radius 3 is 2.08 bits per heavy atom. The molecule has 0 atom stereocenters. The quantitative estimate of drug-likeness (QED) is 0.457. The summed E-state index contributed by atoms with van der Waals surface area (Å²) < 4.78 is 11.2. The summed E-state index contributed by atoms with van der Waals surface area (Å²) in [5.74, 6) is 1.71. The van der Waals surface area contributed by atoms with Crippen LogP contribution in [0.5, 0.6) is 5.75 Å². The molecule has 1 heterocycles. The van der Waals surface area contributed by atoms with Crippen LogP contribution < -0.4 is 4.74 Å². The Labute approximate surface area is 141 Å². The van der Waals surface area contributed by atoms with Crippen molar-refractivity contribution < 1.29 is 9.15 Å². The molecule has 4 rings (SSSR count). The van der Waals surface area contributed by atoms with Crippen molar-refractivity contribution in [3.8, 4) is 28.2 Å². The summed E-state index contributed by atoms with van der Waals surface area (Å²) in [6.45, 7) is 2.10. The molecular weight excluding hydrogens is 296 g/mol. The Morgan fingerprint density at radius 1 is 0.708 bits per heavy atom. The molecule has 2 nitrogen and oxygen atoms in total. The monoisotopic (exact) mass is 314 g/mol. The molecule has 0 aliphatic heterocycles. The van der Waals surface area contributed by atoms with Gasteiger partial charge in [0, 0.05) is 10.9 Å². The summed E-state index contributed by atoms with van der Waals surface area (Å²) >= 11 is 0. The van der Waals surface area contributed by atoms with E-state index < -0.39 is 0 Å². The third kappa shape index (κ3) is 2.67. The molecule has 1 aromatic heterocycles. The smallest absolute Gasteiger partial charge is 0.135 e. The van der Waals surface area contributed by atoms with Crippen LogP contribution in [0.2, 0.25) is 0 Å². The largest absolute Gasteiger partial charge is 0.497 e. The topological polar surface area (TPSA) is 22.4 Å². The molecule has 0 bridgehead atoms. The van der Waals surface area contributed by atoms with Crippen LogP contribution in [-0.4, -0.2) is 7.11 Å². The number of aryl methyl sites for hydroxylation is 1. The normalized spacial score (nSPS) is 10.9. The number of rotatable bonds is 3. The van der Waals surface area contributed by atoms with Gasteiger partial charge >= 0.3 is 0 Å². The lowest BCUT2D eigenvalue weighted by Crippen LogP contribution is -1.81. The van der Waals surface area contributed by atoms with Crippen LogP contribution in [0.1, 0.15) is 5.56 Å². The fourth-order valence-corrected chi connectivity index (χ4v) is 2.87. The molecule has 0 saturated heterocycles. The van der Waals surface area contributed by atoms with Gasteiger partial charge < -0.3 is 9.15 Å². The van der Waals surface area contributed by atoms with Crippen LogP contribution in [0.15, 0.2) is 77.2 Å². The standard InChI is InChI=1S/C22H18O2/c1-15-3-5-16(6-4-15)18-9-12-21-19(13-18)14-22(24-21)17-7-10-20(23-2)11-8-17/h3-14H,1-2H3. The van der Waals surface area contributed by atoms with Gasteiger partial charge in [0.2, 0.25) is 0 Å². The minimum absolute atomic E-state index is 0.844. The number of methoxy groups -OCH3 is 1. The second-order valence-electron chi connectivity index (χ2n) is 5.96. The van der Waals surface area contributed by atoms with Crippen molar-refractivity contribution in [2.24, 2.45) is 0 Å². The summed E-state index contributed by atoms with van der Waals surface area (Å²) in [7, 11) is 1.67. The summed E-state index contributed by atoms with van der Waals surface area (Å²) in [6, 6.07) is 24.9. The van der Waals surface area contributed by atoms with E-state index in [1.807, 2.05) is 30.3 Å². The molecule has 2 heteroatoms. The predicted molar refractivity (Wildman–Crippen MR) is 98.4 cm³/mol. The molecule has 0 unspecified atom stereocenters. The fourth-order valence-electron chi connectivity index (χ4n) is 2.87. The van der Waals surface area contributed by atoms with Gasteiger partial charge in [0.1, 0.15) is 17.1 Å². The van der Waals surface area contributed by atoms with E-state index in [1.165, 1.54) is 16.7 Å². The van der Waals surface area contributed by atoms with Gasteiger partial charge in [0.25, 0.3) is 0 Å². The van der Waals surface area contributed by atoms with Crippen molar-refractivity contribution in [1.82, 2.24) is 0 Å². The number of furan rings is 1. The highest BCUT2D eigenvalue weighted by Gasteiger charge is 2.08. The van der Waals surface area contributed by atoms with Gasteiger partial charge in [-0.15, -0.1) is 0 Å². The molecule has 0 aliphatic rings. The first kappa shape index (κ1) is 14.6. The Balaban J connectivity index is 1.73. The molecule has 0 N–H and O–H groups in total. The van der Waals surface area contributed by atoms with Gasteiger partial charge in [0.05, 0.1) is 7.11 Å². The predicted octanol–water partition coefficient (Wildman–Crippen LogP) is 6.08. The van der Waals surface area contributed by atoms with Crippen LogP contribution in [-0.2, 0) is 0 Å². The SMILES string of the molecule is COc1ccc(-c2cc3cc(-c4ccc(C)cc4)ccc3o2)cc1. The molecule has 118 valence electrons. The Kier molecular flexibility index (Phi) is 3.58. The van der Waals surface area contributed by atoms with E-state index in [9.17, 15) is 0 Å². The van der Waals surface area contributed by atoms with Crippen molar-refractivity contribution >= 4 is 11.0 Å². The van der Waals surface area contributed by atoms with Crippen LogP contribution in [0.3, 0.4) is 0 Å². The number of hydrogen-bond acceptors (Lipinski definition) is 2. The molecule has 0 amide bonds. The summed E-state index contributed by atoms with van der Waals surface area (Å²) in [4.78, 5) is 0. The van der Waals surface area contributed by atoms with Gasteiger partial charge in [-0.1, -0.05) is 35.9 Å². The first-order valence-corrected chi connectivity index (χ1v) is 7.98. The zero-order valence-corrected chi connectivity index (χ0v) is 13.7. The van der Waals surface area contributed by atoms with Crippen LogP contribution in [0.25, 0.3) is 33.4 Å². The molecule has 4 aromatic rings. The van der Waals surface area contributed by atoms with Crippen LogP contribution in [0.4, 0.5) is 0 Å². The van der Waals surface area contributed by atoms with Gasteiger partial charge in [-0.25, -0.2) is 0 Å². The third-order valence-electron chi connectivity index (χ3n) is 4.28. The maximum atomic E-state index is 6.00. The van der Waals surface area contributed by atoms with E-state index in [1.54, 1.807) is 7.11 Å². The van der Waals surface area contributed by atoms with E-state index in [2.05, 4.69) is 49.4 Å². The molecule has 0 radical (unpaired) electrons. The van der Waals surface area contributed by atoms with Gasteiger partial charge in [-0.05, 0) is 60.5 Å². The highest BCUT2D eigenvalue weighted by atomic mass is 16.5. The van der Waals surface area contributed by atoms with Crippen molar-refractivity contribution in [2.45, 2.75) is 6.92 Å². The lowest BCUT2D eigenvalue weighted by Gasteiger charge is -2.02. The summed E-state index contributed by atoms with van der Waals surface area (Å²) in [5.41, 5.74) is 5.63. The molecule has 0 aliphatic carbocycles. The molecular formula is C22H18O2. The van der Waals surface area contributed by atoms with Crippen molar-refractivity contribution in [1.29, 1.82) is 0 Å². The second kappa shape index (κ2) is 5.89. The Bertz CT molecular complexity index is 977. The van der Waals surface area contributed by atoms with Crippen molar-refractivity contribution in [3.05, 3.63) is 78.4 Å². The first-order valence-electron chi connectivity index (χ1n) is 7.98. The van der Waals surface area contributed by atoms with Gasteiger partial charge in [-0.2, -0.15) is 0 Å². The molecule has 3 aromatic carbocycles. The average Bonchev–Trinajstić information content (AvgIpc) is 3.05. The molecule has 0 spiro atoms. The Morgan fingerprint density at radius 2 is 1.38 bits per heavy atom. The van der Waals surface area contributed by atoms with Crippen molar-refractivity contribution in [3.63, 3.8) is 0 Å². The maximum Gasteiger partial charge on any atom is 0.135 e. The first-order chi connectivity index (χ1) is 11.7. The van der Waals surface area contributed by atoms with E-state index in [4.69, 9.17) is 9.15 Å². The second-order valence-corrected chi connectivity index (χ2v) is 5.96. The third-order valence-corrected chi connectivity index (χ3v) is 4.28. The minimum atomic E-state index is 0.844. The number of ether oxygens (including phenoxy) is 1. The summed E-state index contributed by atoms with van der Waals surface area (Å²) in [6.07, 6.45) is 0. The van der Waals surface area contributed by atoms with E-state index in [0.29, 0.717) is 0 Å². The number of fused-ring (bicyclic) bond motifs is 1. The van der Waals surface area contributed by atoms with Crippen molar-refractivity contribution in [2.75, 3.05) is 7.11 Å². The molecule has 0 fully saturated rings. The van der Waals surface area contributed by atoms with Gasteiger partial charge in [-0.3, -0.25) is 0 Å². The maximum absolute atomic E-state index is 6.00. The number of hydrogen-bond donors (Lipinski definition) is 0. The highest BCUT2D eigenvalue weighted by molar-refractivity contribution is 5.87. The lowest BCUT2D eigenvalue weighted by molar-refractivity contribution is 0.415. The van der Waals surface area contributed by atoms with Crippen LogP contribution in [0, 0.1) is 6.92 Å². The van der Waals surface area contributed by atoms with E-state index in [0.717, 1.165) is 28.0 Å². The molecule has 0 saturated carbocycles. The van der Waals surface area contributed by atoms with E-state index >= 15 is 0 Å². The van der Waals surface area contributed by atoms with Crippen LogP contribution >= 0.6 is 0 Å². The average molecular weight is 314 g/mol. The lowest BCUT2D eigenvalue weighted by atomic mass is 10.0. The zero-order valence-electron chi connectivity index (χ0n) is 13.7. The Hall–Kier alpha value is -3.00. The molecule has 24 heavy (non-hydrogen) atoms. The summed E-state index contributed by atoms with van der Waals surface area (Å²) in [5, 5.41) is 1.11. The number of benzene rings is 3. The highest BCUT2D eigenvalue weighted by Crippen LogP contribution is 2.32. The minimum Gasteiger partial charge on any atom is -0.497 e. The van der Waals surface area contributed by atoms with E-state index in [-0.39, 0.29) is 0 Å². The zero-order chi connectivity index (χ0) is 16.5.